The van der Waals surface area contributed by atoms with E-state index in [1.807, 2.05) is 40.8 Å². The summed E-state index contributed by atoms with van der Waals surface area (Å²) >= 11 is 1.81. The monoisotopic (exact) mass is 358 g/mol. The number of aliphatic hydroxyl groups is 1. The van der Waals surface area contributed by atoms with Gasteiger partial charge in [-0.05, 0) is 49.1 Å². The van der Waals surface area contributed by atoms with Gasteiger partial charge in [-0.25, -0.2) is 0 Å². The molecule has 1 aromatic carbocycles. The van der Waals surface area contributed by atoms with Crippen molar-refractivity contribution in [2.45, 2.75) is 25.9 Å². The molecule has 1 aromatic rings. The highest BCUT2D eigenvalue weighted by atomic mass is 127. The number of ether oxygens (including phenoxy) is 1. The van der Waals surface area contributed by atoms with Crippen molar-refractivity contribution < 1.29 is 14.6 Å². The van der Waals surface area contributed by atoms with E-state index < -0.39 is 6.10 Å². The van der Waals surface area contributed by atoms with E-state index in [2.05, 4.69) is 0 Å². The summed E-state index contributed by atoms with van der Waals surface area (Å²) in [4.78, 5) is 11.6. The normalized spacial score (nSPS) is 15.7. The van der Waals surface area contributed by atoms with Gasteiger partial charge in [0, 0.05) is 33.7 Å². The Labute approximate surface area is 120 Å². The predicted octanol–water partition coefficient (Wildman–Crippen LogP) is 2.98. The molecule has 0 fully saturated rings. The van der Waals surface area contributed by atoms with Crippen molar-refractivity contribution in [2.24, 2.45) is 0 Å². The third kappa shape index (κ3) is 2.44. The van der Waals surface area contributed by atoms with Crippen molar-refractivity contribution in [3.05, 3.63) is 34.4 Å². The fourth-order valence-corrected chi connectivity index (χ4v) is 2.79. The summed E-state index contributed by atoms with van der Waals surface area (Å²) in [6.07, 6.45) is 3.05. The maximum Gasteiger partial charge on any atom is 0.222 e. The van der Waals surface area contributed by atoms with E-state index in [1.165, 1.54) is 0 Å². The number of methoxy groups -OCH3 is 1. The second-order valence-electron chi connectivity index (χ2n) is 4.38. The summed E-state index contributed by atoms with van der Waals surface area (Å²) in [6.45, 7) is 1.76. The summed E-state index contributed by atoms with van der Waals surface area (Å²) in [5.74, 6) is 0.754. The molecule has 1 N–H and O–H groups in total. The molecule has 4 heteroatoms. The lowest BCUT2D eigenvalue weighted by molar-refractivity contribution is 0.110. The Kier molecular flexibility index (Phi) is 4.07. The van der Waals surface area contributed by atoms with E-state index in [0.29, 0.717) is 0 Å². The number of carbonyl (C=O) groups excluding carboxylic acids is 1. The van der Waals surface area contributed by atoms with Gasteiger partial charge in [-0.1, -0.05) is 0 Å². The SMILES string of the molecule is COc1ccc(C(=O)I)c2c1C=C(C(C)O)CC2. The van der Waals surface area contributed by atoms with E-state index in [9.17, 15) is 9.90 Å². The van der Waals surface area contributed by atoms with E-state index in [0.717, 1.165) is 40.9 Å². The highest BCUT2D eigenvalue weighted by Gasteiger charge is 2.21. The topological polar surface area (TPSA) is 46.5 Å². The third-order valence-electron chi connectivity index (χ3n) is 3.28. The highest BCUT2D eigenvalue weighted by molar-refractivity contribution is 14.1. The van der Waals surface area contributed by atoms with Gasteiger partial charge < -0.3 is 9.84 Å². The Morgan fingerprint density at radius 1 is 1.44 bits per heavy atom. The number of fused-ring (bicyclic) bond motifs is 1. The van der Waals surface area contributed by atoms with Crippen molar-refractivity contribution >= 4 is 32.5 Å². The van der Waals surface area contributed by atoms with Crippen LogP contribution < -0.4 is 4.74 Å². The molecule has 0 aliphatic heterocycles. The van der Waals surface area contributed by atoms with Crippen LogP contribution in [0.15, 0.2) is 17.7 Å². The van der Waals surface area contributed by atoms with Crippen LogP contribution in [-0.4, -0.2) is 22.1 Å². The van der Waals surface area contributed by atoms with Gasteiger partial charge >= 0.3 is 0 Å². The second-order valence-corrected chi connectivity index (χ2v) is 5.36. The largest absolute Gasteiger partial charge is 0.496 e. The minimum absolute atomic E-state index is 0.0420. The molecule has 0 bridgehead atoms. The number of rotatable bonds is 3. The molecule has 3 nitrogen and oxygen atoms in total. The first-order valence-corrected chi connectivity index (χ1v) is 6.90. The minimum Gasteiger partial charge on any atom is -0.496 e. The van der Waals surface area contributed by atoms with Crippen molar-refractivity contribution in [2.75, 3.05) is 7.11 Å². The lowest BCUT2D eigenvalue weighted by Gasteiger charge is -2.22. The second kappa shape index (κ2) is 5.40. The first-order chi connectivity index (χ1) is 8.54. The minimum atomic E-state index is -0.457. The maximum absolute atomic E-state index is 11.6. The Morgan fingerprint density at radius 3 is 2.72 bits per heavy atom. The molecule has 1 aliphatic rings. The summed E-state index contributed by atoms with van der Waals surface area (Å²) in [5, 5.41) is 9.67. The molecule has 0 spiro atoms. The smallest absolute Gasteiger partial charge is 0.222 e. The predicted molar refractivity (Wildman–Crippen MR) is 79.3 cm³/mol. The van der Waals surface area contributed by atoms with Crippen LogP contribution in [0.1, 0.15) is 34.8 Å². The number of halogens is 1. The van der Waals surface area contributed by atoms with Crippen molar-refractivity contribution in [1.29, 1.82) is 0 Å². The molecule has 0 saturated heterocycles. The molecular weight excluding hydrogens is 343 g/mol. The molecule has 2 rings (SSSR count). The molecule has 1 unspecified atom stereocenters. The van der Waals surface area contributed by atoms with Crippen LogP contribution in [-0.2, 0) is 6.42 Å². The Bertz CT molecular complexity index is 518. The Hall–Kier alpha value is -0.880. The molecule has 0 amide bonds. The van der Waals surface area contributed by atoms with Gasteiger partial charge in [0.15, 0.2) is 0 Å². The molecule has 96 valence electrons. The Balaban J connectivity index is 2.61. The van der Waals surface area contributed by atoms with Crippen LogP contribution in [0.2, 0.25) is 0 Å². The number of hydrogen-bond acceptors (Lipinski definition) is 3. The lowest BCUT2D eigenvalue weighted by atomic mass is 9.87. The molecule has 0 radical (unpaired) electrons. The Morgan fingerprint density at radius 2 is 2.17 bits per heavy atom. The fourth-order valence-electron chi connectivity index (χ4n) is 2.29. The average molecular weight is 358 g/mol. The van der Waals surface area contributed by atoms with E-state index in [4.69, 9.17) is 4.74 Å². The molecular formula is C14H15IO3. The summed E-state index contributed by atoms with van der Waals surface area (Å²) in [6, 6.07) is 3.62. The number of carbonyl (C=O) groups is 1. The summed E-state index contributed by atoms with van der Waals surface area (Å²) in [7, 11) is 1.62. The molecule has 0 heterocycles. The number of benzene rings is 1. The van der Waals surface area contributed by atoms with Crippen LogP contribution in [0, 0.1) is 0 Å². The molecule has 0 aromatic heterocycles. The lowest BCUT2D eigenvalue weighted by Crippen LogP contribution is -2.13. The van der Waals surface area contributed by atoms with E-state index in [1.54, 1.807) is 14.0 Å². The van der Waals surface area contributed by atoms with E-state index >= 15 is 0 Å². The number of hydrogen-bond donors (Lipinski definition) is 1. The average Bonchev–Trinajstić information content (AvgIpc) is 2.36. The van der Waals surface area contributed by atoms with Gasteiger partial charge in [-0.15, -0.1) is 0 Å². The van der Waals surface area contributed by atoms with Gasteiger partial charge in [-0.2, -0.15) is 0 Å². The standard InChI is InChI=1S/C14H15IO3/c1-8(16)9-3-4-10-11(14(15)17)5-6-13(18-2)12(10)7-9/h5-8,16H,3-4H2,1-2H3. The van der Waals surface area contributed by atoms with Gasteiger partial charge in [-0.3, -0.25) is 4.79 Å². The zero-order valence-corrected chi connectivity index (χ0v) is 12.5. The molecule has 1 atom stereocenters. The van der Waals surface area contributed by atoms with Crippen LogP contribution in [0.4, 0.5) is 0 Å². The van der Waals surface area contributed by atoms with Crippen LogP contribution in [0.3, 0.4) is 0 Å². The first kappa shape index (κ1) is 13.5. The zero-order chi connectivity index (χ0) is 13.3. The molecule has 0 saturated carbocycles. The van der Waals surface area contributed by atoms with Crippen LogP contribution >= 0.6 is 22.6 Å². The van der Waals surface area contributed by atoms with Crippen molar-refractivity contribution in [3.8, 4) is 5.75 Å². The van der Waals surface area contributed by atoms with Gasteiger partial charge in [0.1, 0.15) is 5.75 Å². The third-order valence-corrected chi connectivity index (χ3v) is 3.86. The zero-order valence-electron chi connectivity index (χ0n) is 10.4. The maximum atomic E-state index is 11.6. The quantitative estimate of drug-likeness (QED) is 0.668. The van der Waals surface area contributed by atoms with Gasteiger partial charge in [0.05, 0.1) is 13.2 Å². The number of aliphatic hydroxyl groups excluding tert-OH is 1. The fraction of sp³-hybridized carbons (Fsp3) is 0.357. The summed E-state index contributed by atoms with van der Waals surface area (Å²) < 4.78 is 5.38. The highest BCUT2D eigenvalue weighted by Crippen LogP contribution is 2.35. The first-order valence-electron chi connectivity index (χ1n) is 5.82. The molecule has 1 aliphatic carbocycles. The van der Waals surface area contributed by atoms with Gasteiger partial charge in [0.2, 0.25) is 3.79 Å². The van der Waals surface area contributed by atoms with E-state index in [-0.39, 0.29) is 3.79 Å². The van der Waals surface area contributed by atoms with Gasteiger partial charge in [0.25, 0.3) is 0 Å². The van der Waals surface area contributed by atoms with Crippen molar-refractivity contribution in [3.63, 3.8) is 0 Å². The van der Waals surface area contributed by atoms with Crippen LogP contribution in [0.25, 0.3) is 6.08 Å². The molecule has 18 heavy (non-hydrogen) atoms. The van der Waals surface area contributed by atoms with Crippen LogP contribution in [0.5, 0.6) is 5.75 Å². The summed E-state index contributed by atoms with van der Waals surface area (Å²) in [5.41, 5.74) is 3.69. The van der Waals surface area contributed by atoms with Crippen molar-refractivity contribution in [1.82, 2.24) is 0 Å².